The molecule has 2 N–H and O–H groups in total. The summed E-state index contributed by atoms with van der Waals surface area (Å²) in [6.45, 7) is 1.96. The fourth-order valence-electron chi connectivity index (χ4n) is 4.01. The molecule has 0 saturated heterocycles. The zero-order valence-electron chi connectivity index (χ0n) is 19.5. The summed E-state index contributed by atoms with van der Waals surface area (Å²) < 4.78 is 16.1. The first-order valence-electron chi connectivity index (χ1n) is 11.5. The fraction of sp³-hybridized carbons (Fsp3) is 0.231. The molecule has 0 spiro atoms. The Hall–Kier alpha value is -3.85. The third-order valence-electron chi connectivity index (χ3n) is 6.33. The Labute approximate surface area is 204 Å². The zero-order valence-corrected chi connectivity index (χ0v) is 19.5. The molecule has 1 atom stereocenters. The largest absolute Gasteiger partial charge is 0.325 e. The van der Waals surface area contributed by atoms with Gasteiger partial charge in [-0.25, -0.2) is 4.39 Å². The maximum atomic E-state index is 15.1. The third kappa shape index (κ3) is 4.72. The second kappa shape index (κ2) is 9.42. The van der Waals surface area contributed by atoms with E-state index in [4.69, 9.17) is 7.98 Å². The highest BCUT2D eigenvalue weighted by Crippen LogP contribution is 2.39. The van der Waals surface area contributed by atoms with Crippen LogP contribution in [-0.2, 0) is 0 Å². The molecule has 2 aromatic carbocycles. The van der Waals surface area contributed by atoms with E-state index in [-0.39, 0.29) is 23.4 Å². The summed E-state index contributed by atoms with van der Waals surface area (Å²) in [4.78, 5) is 20.3. The Balaban J connectivity index is 1.38. The number of pyridine rings is 1. The molecular weight excluding hydrogens is 442 g/mol. The van der Waals surface area contributed by atoms with Crippen LogP contribution in [0.2, 0.25) is 0 Å². The predicted molar refractivity (Wildman–Crippen MR) is 134 cm³/mol. The van der Waals surface area contributed by atoms with Gasteiger partial charge in [0.05, 0.1) is 5.56 Å². The van der Waals surface area contributed by atoms with E-state index >= 15 is 4.39 Å². The number of aromatic nitrogens is 4. The molecule has 1 aliphatic carbocycles. The SMILES string of the molecule is [B]n1nc(-c2ccc(-c3ccc(C4CC4)nc3)cc2F)nc1Nc1ccc(C=O)c(C(C)NC)c1. The molecule has 5 rings (SSSR count). The van der Waals surface area contributed by atoms with Gasteiger partial charge in [-0.05, 0) is 74.3 Å². The van der Waals surface area contributed by atoms with Crippen LogP contribution < -0.4 is 10.6 Å². The molecule has 9 heteroatoms. The monoisotopic (exact) mass is 466 g/mol. The van der Waals surface area contributed by atoms with Gasteiger partial charge in [0.15, 0.2) is 5.82 Å². The van der Waals surface area contributed by atoms with Crippen molar-refractivity contribution in [3.63, 3.8) is 0 Å². The predicted octanol–water partition coefficient (Wildman–Crippen LogP) is 4.79. The van der Waals surface area contributed by atoms with Crippen molar-refractivity contribution in [1.29, 1.82) is 0 Å². The van der Waals surface area contributed by atoms with E-state index in [1.807, 2.05) is 38.2 Å². The standard InChI is InChI=1S/C26H24BFN6O/c1-15(29-2)22-12-20(8-5-19(22)14-35)31-26-32-25(33-34(26)27)21-9-6-17(11-23(21)28)18-7-10-24(30-13-18)16-3-4-16/h5-16,29H,3-4H2,1-2H3,(H,31,32,33). The van der Waals surface area contributed by atoms with Crippen LogP contribution in [0.4, 0.5) is 16.0 Å². The lowest BCUT2D eigenvalue weighted by Crippen LogP contribution is -2.14. The normalized spacial score (nSPS) is 14.0. The van der Waals surface area contributed by atoms with Crippen molar-refractivity contribution >= 4 is 25.9 Å². The number of nitrogens with one attached hydrogen (secondary N) is 2. The van der Waals surface area contributed by atoms with Crippen LogP contribution in [0.15, 0.2) is 54.7 Å². The highest BCUT2D eigenvalue weighted by atomic mass is 19.1. The molecular formula is C26H24BFN6O. The van der Waals surface area contributed by atoms with Crippen LogP contribution in [0.1, 0.15) is 53.3 Å². The topological polar surface area (TPSA) is 84.7 Å². The van der Waals surface area contributed by atoms with E-state index in [0.717, 1.165) is 33.3 Å². The van der Waals surface area contributed by atoms with Gasteiger partial charge >= 0.3 is 0 Å². The van der Waals surface area contributed by atoms with Crippen LogP contribution in [-0.4, -0.2) is 41.0 Å². The van der Waals surface area contributed by atoms with Gasteiger partial charge in [0, 0.05) is 40.7 Å². The number of halogens is 1. The third-order valence-corrected chi connectivity index (χ3v) is 6.33. The summed E-state index contributed by atoms with van der Waals surface area (Å²) in [5, 5.41) is 10.4. The molecule has 2 radical (unpaired) electrons. The summed E-state index contributed by atoms with van der Waals surface area (Å²) in [5.74, 6) is 0.524. The number of aldehydes is 1. The second-order valence-corrected chi connectivity index (χ2v) is 8.74. The summed E-state index contributed by atoms with van der Waals surface area (Å²) in [7, 11) is 7.82. The van der Waals surface area contributed by atoms with E-state index in [0.29, 0.717) is 17.2 Å². The maximum absolute atomic E-state index is 15.1. The molecule has 0 bridgehead atoms. The van der Waals surface area contributed by atoms with Gasteiger partial charge in [-0.15, -0.1) is 0 Å². The van der Waals surface area contributed by atoms with E-state index < -0.39 is 5.82 Å². The zero-order chi connectivity index (χ0) is 24.5. The van der Waals surface area contributed by atoms with E-state index in [9.17, 15) is 4.79 Å². The van der Waals surface area contributed by atoms with Gasteiger partial charge in [-0.3, -0.25) is 14.4 Å². The maximum Gasteiger partial charge on any atom is 0.269 e. The van der Waals surface area contributed by atoms with Crippen molar-refractivity contribution in [2.45, 2.75) is 31.7 Å². The average molecular weight is 466 g/mol. The van der Waals surface area contributed by atoms with Gasteiger partial charge in [0.1, 0.15) is 12.1 Å². The Kier molecular flexibility index (Phi) is 6.17. The average Bonchev–Trinajstić information content (AvgIpc) is 3.67. The molecule has 1 aliphatic rings. The van der Waals surface area contributed by atoms with E-state index in [1.165, 1.54) is 18.9 Å². The summed E-state index contributed by atoms with van der Waals surface area (Å²) in [6.07, 6.45) is 4.98. The van der Waals surface area contributed by atoms with Crippen molar-refractivity contribution in [3.8, 4) is 22.5 Å². The van der Waals surface area contributed by atoms with Gasteiger partial charge in [0.2, 0.25) is 5.95 Å². The number of hydrogen-bond acceptors (Lipinski definition) is 6. The lowest BCUT2D eigenvalue weighted by molar-refractivity contribution is 0.112. The first kappa shape index (κ1) is 22.9. The minimum atomic E-state index is -0.452. The molecule has 35 heavy (non-hydrogen) atoms. The highest BCUT2D eigenvalue weighted by molar-refractivity contribution is 6.07. The minimum Gasteiger partial charge on any atom is -0.325 e. The molecule has 174 valence electrons. The number of carbonyl (C=O) groups is 1. The number of rotatable bonds is 8. The van der Waals surface area contributed by atoms with Crippen LogP contribution in [0, 0.1) is 5.82 Å². The number of hydrogen-bond donors (Lipinski definition) is 2. The molecule has 2 heterocycles. The van der Waals surface area contributed by atoms with Gasteiger partial charge in [-0.1, -0.05) is 12.1 Å². The second-order valence-electron chi connectivity index (χ2n) is 8.74. The van der Waals surface area contributed by atoms with Crippen molar-refractivity contribution in [2.24, 2.45) is 0 Å². The molecule has 0 amide bonds. The smallest absolute Gasteiger partial charge is 0.269 e. The first-order valence-corrected chi connectivity index (χ1v) is 11.5. The van der Waals surface area contributed by atoms with Crippen LogP contribution in [0.3, 0.4) is 0 Å². The van der Waals surface area contributed by atoms with Gasteiger partial charge < -0.3 is 10.6 Å². The molecule has 0 aliphatic heterocycles. The lowest BCUT2D eigenvalue weighted by atomic mass is 10.0. The molecule has 1 unspecified atom stereocenters. The highest BCUT2D eigenvalue weighted by Gasteiger charge is 2.24. The number of carbonyl (C=O) groups excluding carboxylic acids is 1. The van der Waals surface area contributed by atoms with Gasteiger partial charge in [-0.2, -0.15) is 10.1 Å². The van der Waals surface area contributed by atoms with Crippen LogP contribution >= 0.6 is 0 Å². The Morgan fingerprint density at radius 3 is 2.60 bits per heavy atom. The van der Waals surface area contributed by atoms with Crippen molar-refractivity contribution in [2.75, 3.05) is 12.4 Å². The molecule has 2 aromatic heterocycles. The van der Waals surface area contributed by atoms with E-state index in [2.05, 4.69) is 25.7 Å². The quantitative estimate of drug-likeness (QED) is 0.287. The first-order chi connectivity index (χ1) is 17.0. The number of anilines is 2. The molecule has 7 nitrogen and oxygen atoms in total. The Morgan fingerprint density at radius 1 is 1.14 bits per heavy atom. The summed E-state index contributed by atoms with van der Waals surface area (Å²) >= 11 is 0. The fourth-order valence-corrected chi connectivity index (χ4v) is 4.01. The van der Waals surface area contributed by atoms with Gasteiger partial charge in [0.25, 0.3) is 7.98 Å². The Bertz CT molecular complexity index is 1380. The number of nitrogens with zero attached hydrogens (tertiary/aromatic N) is 4. The minimum absolute atomic E-state index is 0.0315. The summed E-state index contributed by atoms with van der Waals surface area (Å²) in [6, 6.07) is 14.2. The molecule has 1 saturated carbocycles. The summed E-state index contributed by atoms with van der Waals surface area (Å²) in [5.41, 5.74) is 5.01. The number of benzene rings is 2. The Morgan fingerprint density at radius 2 is 1.94 bits per heavy atom. The molecule has 1 fully saturated rings. The van der Waals surface area contributed by atoms with E-state index in [1.54, 1.807) is 24.4 Å². The van der Waals surface area contributed by atoms with Crippen molar-refractivity contribution < 1.29 is 9.18 Å². The van der Waals surface area contributed by atoms with Crippen molar-refractivity contribution in [1.82, 2.24) is 25.0 Å². The lowest BCUT2D eigenvalue weighted by Gasteiger charge is -2.15. The van der Waals surface area contributed by atoms with Crippen molar-refractivity contribution in [3.05, 3.63) is 77.4 Å². The van der Waals surface area contributed by atoms with Crippen LogP contribution in [0.25, 0.3) is 22.5 Å². The van der Waals surface area contributed by atoms with Crippen LogP contribution in [0.5, 0.6) is 0 Å². The molecule has 4 aromatic rings.